The van der Waals surface area contributed by atoms with Gasteiger partial charge in [0.1, 0.15) is 5.82 Å². The monoisotopic (exact) mass is 466 g/mol. The van der Waals surface area contributed by atoms with E-state index in [-0.39, 0.29) is 29.4 Å². The van der Waals surface area contributed by atoms with Crippen LogP contribution < -0.4 is 24.4 Å². The molecule has 8 nitrogen and oxygen atoms in total. The van der Waals surface area contributed by atoms with Crippen LogP contribution in [0, 0.1) is 5.82 Å². The van der Waals surface area contributed by atoms with Crippen LogP contribution in [-0.2, 0) is 11.2 Å². The molecule has 3 rings (SSSR count). The smallest absolute Gasteiger partial charge is 0.343 e. The SMILES string of the molecule is COc1ccc(CC(=O)N/N=C\c2ccc(OC(=O)c3cccc(F)c3)c(OC)c2)cc1OC. The highest BCUT2D eigenvalue weighted by Crippen LogP contribution is 2.29. The molecule has 3 aromatic rings. The summed E-state index contributed by atoms with van der Waals surface area (Å²) in [6.07, 6.45) is 1.52. The van der Waals surface area contributed by atoms with Gasteiger partial charge in [-0.15, -0.1) is 0 Å². The molecule has 176 valence electrons. The van der Waals surface area contributed by atoms with Gasteiger partial charge in [0, 0.05) is 0 Å². The molecule has 0 saturated carbocycles. The summed E-state index contributed by atoms with van der Waals surface area (Å²) in [5.74, 6) is -0.0547. The quantitative estimate of drug-likeness (QED) is 0.223. The summed E-state index contributed by atoms with van der Waals surface area (Å²) in [5, 5.41) is 3.95. The Hall–Kier alpha value is -4.40. The maximum atomic E-state index is 13.3. The van der Waals surface area contributed by atoms with Crippen molar-refractivity contribution in [3.63, 3.8) is 0 Å². The Morgan fingerprint density at radius 2 is 1.59 bits per heavy atom. The van der Waals surface area contributed by atoms with E-state index in [0.29, 0.717) is 17.1 Å². The van der Waals surface area contributed by atoms with Crippen molar-refractivity contribution in [2.75, 3.05) is 21.3 Å². The Bertz CT molecular complexity index is 1210. The molecule has 0 spiro atoms. The van der Waals surface area contributed by atoms with Crippen LogP contribution in [0.3, 0.4) is 0 Å². The Kier molecular flexibility index (Phi) is 8.17. The minimum absolute atomic E-state index is 0.0740. The maximum absolute atomic E-state index is 13.3. The number of nitrogens with zero attached hydrogens (tertiary/aromatic N) is 1. The molecule has 0 fully saturated rings. The van der Waals surface area contributed by atoms with Gasteiger partial charge in [-0.3, -0.25) is 4.79 Å². The normalized spacial score (nSPS) is 10.6. The summed E-state index contributed by atoms with van der Waals surface area (Å²) in [7, 11) is 4.48. The minimum atomic E-state index is -0.721. The topological polar surface area (TPSA) is 95.5 Å². The lowest BCUT2D eigenvalue weighted by Gasteiger charge is -2.10. The van der Waals surface area contributed by atoms with E-state index < -0.39 is 11.8 Å². The zero-order valence-electron chi connectivity index (χ0n) is 18.8. The van der Waals surface area contributed by atoms with E-state index in [1.807, 2.05) is 0 Å². The molecule has 0 bridgehead atoms. The van der Waals surface area contributed by atoms with Crippen molar-refractivity contribution in [3.8, 4) is 23.0 Å². The summed E-state index contributed by atoms with van der Waals surface area (Å²) >= 11 is 0. The number of hydrogen-bond acceptors (Lipinski definition) is 7. The molecule has 34 heavy (non-hydrogen) atoms. The predicted molar refractivity (Wildman–Crippen MR) is 123 cm³/mol. The summed E-state index contributed by atoms with van der Waals surface area (Å²) < 4.78 is 34.3. The van der Waals surface area contributed by atoms with Crippen LogP contribution in [-0.4, -0.2) is 39.4 Å². The van der Waals surface area contributed by atoms with Gasteiger partial charge in [0.25, 0.3) is 0 Å². The van der Waals surface area contributed by atoms with E-state index in [9.17, 15) is 14.0 Å². The number of carbonyl (C=O) groups is 2. The molecule has 9 heteroatoms. The van der Waals surface area contributed by atoms with Crippen molar-refractivity contribution in [1.29, 1.82) is 0 Å². The lowest BCUT2D eigenvalue weighted by Crippen LogP contribution is -2.19. The van der Waals surface area contributed by atoms with Crippen molar-refractivity contribution >= 4 is 18.1 Å². The number of carbonyl (C=O) groups excluding carboxylic acids is 2. The zero-order valence-corrected chi connectivity index (χ0v) is 18.8. The molecule has 0 saturated heterocycles. The van der Waals surface area contributed by atoms with Crippen LogP contribution in [0.2, 0.25) is 0 Å². The van der Waals surface area contributed by atoms with Crippen LogP contribution >= 0.6 is 0 Å². The first kappa shape index (κ1) is 24.2. The number of halogens is 1. The average Bonchev–Trinajstić information content (AvgIpc) is 2.84. The van der Waals surface area contributed by atoms with Crippen molar-refractivity contribution in [3.05, 3.63) is 83.2 Å². The fraction of sp³-hybridized carbons (Fsp3) is 0.160. The largest absolute Gasteiger partial charge is 0.493 e. The van der Waals surface area contributed by atoms with Gasteiger partial charge in [-0.2, -0.15) is 5.10 Å². The highest BCUT2D eigenvalue weighted by Gasteiger charge is 2.13. The van der Waals surface area contributed by atoms with Crippen LogP contribution in [0.4, 0.5) is 4.39 Å². The molecular weight excluding hydrogens is 443 g/mol. The minimum Gasteiger partial charge on any atom is -0.493 e. The van der Waals surface area contributed by atoms with Gasteiger partial charge < -0.3 is 18.9 Å². The Morgan fingerprint density at radius 1 is 0.882 bits per heavy atom. The molecule has 0 radical (unpaired) electrons. The van der Waals surface area contributed by atoms with E-state index in [0.717, 1.165) is 11.6 Å². The highest BCUT2D eigenvalue weighted by molar-refractivity contribution is 5.91. The molecule has 0 aliphatic carbocycles. The third-order valence-electron chi connectivity index (χ3n) is 4.67. The van der Waals surface area contributed by atoms with Gasteiger partial charge in [0.15, 0.2) is 23.0 Å². The second-order valence-corrected chi connectivity index (χ2v) is 6.97. The van der Waals surface area contributed by atoms with Crippen LogP contribution in [0.5, 0.6) is 23.0 Å². The van der Waals surface area contributed by atoms with Crippen molar-refractivity contribution in [2.45, 2.75) is 6.42 Å². The van der Waals surface area contributed by atoms with E-state index >= 15 is 0 Å². The molecule has 0 atom stereocenters. The van der Waals surface area contributed by atoms with Gasteiger partial charge >= 0.3 is 5.97 Å². The van der Waals surface area contributed by atoms with Crippen LogP contribution in [0.15, 0.2) is 65.8 Å². The van der Waals surface area contributed by atoms with E-state index in [1.165, 1.54) is 51.8 Å². The predicted octanol–water partition coefficient (Wildman–Crippen LogP) is 3.76. The van der Waals surface area contributed by atoms with Crippen molar-refractivity contribution in [1.82, 2.24) is 5.43 Å². The second-order valence-electron chi connectivity index (χ2n) is 6.97. The highest BCUT2D eigenvalue weighted by atomic mass is 19.1. The molecule has 0 heterocycles. The van der Waals surface area contributed by atoms with Crippen LogP contribution in [0.1, 0.15) is 21.5 Å². The zero-order chi connectivity index (χ0) is 24.5. The fourth-order valence-corrected chi connectivity index (χ4v) is 3.02. The van der Waals surface area contributed by atoms with Gasteiger partial charge in [-0.05, 0) is 59.7 Å². The first-order valence-electron chi connectivity index (χ1n) is 10.1. The second kappa shape index (κ2) is 11.5. The van der Waals surface area contributed by atoms with Crippen molar-refractivity contribution < 1.29 is 32.9 Å². The van der Waals surface area contributed by atoms with Gasteiger partial charge in [0.05, 0.1) is 39.5 Å². The molecule has 0 aromatic heterocycles. The van der Waals surface area contributed by atoms with E-state index in [1.54, 1.807) is 30.3 Å². The Labute approximate surface area is 195 Å². The third kappa shape index (κ3) is 6.32. The van der Waals surface area contributed by atoms with Crippen LogP contribution in [0.25, 0.3) is 0 Å². The fourth-order valence-electron chi connectivity index (χ4n) is 3.02. The standard InChI is InChI=1S/C25H23FN2O6/c1-31-20-9-7-16(11-22(20)32-2)13-24(29)28-27-15-17-8-10-21(23(12-17)33-3)34-25(30)18-5-4-6-19(26)14-18/h4-12,14-15H,13H2,1-3H3,(H,28,29)/b27-15-. The number of hydrogen-bond donors (Lipinski definition) is 1. The number of esters is 1. The lowest BCUT2D eigenvalue weighted by atomic mass is 10.1. The first-order chi connectivity index (χ1) is 16.4. The maximum Gasteiger partial charge on any atom is 0.343 e. The number of methoxy groups -OCH3 is 3. The third-order valence-corrected chi connectivity index (χ3v) is 4.67. The van der Waals surface area contributed by atoms with Gasteiger partial charge in [-0.25, -0.2) is 14.6 Å². The summed E-state index contributed by atoms with van der Waals surface area (Å²) in [4.78, 5) is 24.5. The Balaban J connectivity index is 1.61. The summed E-state index contributed by atoms with van der Waals surface area (Å²) in [5.41, 5.74) is 3.85. The van der Waals surface area contributed by atoms with Gasteiger partial charge in [0.2, 0.25) is 5.91 Å². The van der Waals surface area contributed by atoms with E-state index in [4.69, 9.17) is 18.9 Å². The molecule has 3 aromatic carbocycles. The number of ether oxygens (including phenoxy) is 4. The number of amides is 1. The summed E-state index contributed by atoms with van der Waals surface area (Å²) in [6, 6.07) is 15.1. The van der Waals surface area contributed by atoms with E-state index in [2.05, 4.69) is 10.5 Å². The number of benzene rings is 3. The molecular formula is C25H23FN2O6. The number of hydrazone groups is 1. The number of nitrogens with one attached hydrogen (secondary N) is 1. The van der Waals surface area contributed by atoms with Crippen molar-refractivity contribution in [2.24, 2.45) is 5.10 Å². The molecule has 1 amide bonds. The molecule has 0 aliphatic heterocycles. The average molecular weight is 466 g/mol. The molecule has 1 N–H and O–H groups in total. The summed E-state index contributed by atoms with van der Waals surface area (Å²) in [6.45, 7) is 0. The first-order valence-corrected chi connectivity index (χ1v) is 10.1. The molecule has 0 aliphatic rings. The van der Waals surface area contributed by atoms with Gasteiger partial charge in [-0.1, -0.05) is 12.1 Å². The Morgan fingerprint density at radius 3 is 2.29 bits per heavy atom. The lowest BCUT2D eigenvalue weighted by molar-refractivity contribution is -0.120. The molecule has 0 unspecified atom stereocenters. The number of rotatable bonds is 9.